The van der Waals surface area contributed by atoms with Crippen molar-refractivity contribution in [3.8, 4) is 23.3 Å². The van der Waals surface area contributed by atoms with Crippen molar-refractivity contribution in [2.45, 2.75) is 13.2 Å². The number of nitrogens with zero attached hydrogens (tertiary/aromatic N) is 2. The zero-order valence-electron chi connectivity index (χ0n) is 21.9. The topological polar surface area (TPSA) is 124 Å². The average Bonchev–Trinajstić information content (AvgIpc) is 2.99. The fourth-order valence-electron chi connectivity index (χ4n) is 3.67. The number of halogens is 1. The van der Waals surface area contributed by atoms with Crippen molar-refractivity contribution >= 4 is 35.0 Å². The van der Waals surface area contributed by atoms with E-state index in [-0.39, 0.29) is 17.9 Å². The maximum atomic E-state index is 12.9. The van der Waals surface area contributed by atoms with Gasteiger partial charge in [-0.1, -0.05) is 29.8 Å². The number of amides is 1. The van der Waals surface area contributed by atoms with Crippen LogP contribution in [0.2, 0.25) is 5.02 Å². The Balaban J connectivity index is 1.44. The summed E-state index contributed by atoms with van der Waals surface area (Å²) in [5.74, 6) is 0.866. The fourth-order valence-corrected chi connectivity index (χ4v) is 3.86. The van der Waals surface area contributed by atoms with Gasteiger partial charge in [-0.25, -0.2) is 0 Å². The number of hydrogen-bond donors (Lipinski definition) is 1. The number of hydrogen-bond acceptors (Lipinski definition) is 7. The molecule has 0 aliphatic carbocycles. The van der Waals surface area contributed by atoms with Crippen LogP contribution < -0.4 is 19.5 Å². The third-order valence-electron chi connectivity index (χ3n) is 5.89. The highest BCUT2D eigenvalue weighted by Crippen LogP contribution is 2.28. The number of nitro benzene ring substituents is 1. The fraction of sp³-hybridized carbons (Fsp3) is 0.0968. The first-order valence-electron chi connectivity index (χ1n) is 12.3. The van der Waals surface area contributed by atoms with Crippen molar-refractivity contribution in [3.63, 3.8) is 0 Å². The van der Waals surface area contributed by atoms with E-state index in [2.05, 4.69) is 5.32 Å². The van der Waals surface area contributed by atoms with Crippen LogP contribution >= 0.6 is 11.6 Å². The third-order valence-corrected chi connectivity index (χ3v) is 6.26. The van der Waals surface area contributed by atoms with Gasteiger partial charge in [0.2, 0.25) is 0 Å². The van der Waals surface area contributed by atoms with Crippen molar-refractivity contribution < 1.29 is 23.9 Å². The van der Waals surface area contributed by atoms with Crippen LogP contribution in [0.15, 0.2) is 96.6 Å². The third kappa shape index (κ3) is 7.85. The Labute approximate surface area is 241 Å². The first-order valence-corrected chi connectivity index (χ1v) is 12.7. The first-order chi connectivity index (χ1) is 19.9. The summed E-state index contributed by atoms with van der Waals surface area (Å²) in [6.45, 7) is 0.397. The minimum absolute atomic E-state index is 0.0253. The lowest BCUT2D eigenvalue weighted by Gasteiger charge is -2.12. The summed E-state index contributed by atoms with van der Waals surface area (Å²) in [6, 6.07) is 27.0. The van der Waals surface area contributed by atoms with Crippen LogP contribution in [0, 0.1) is 21.4 Å². The van der Waals surface area contributed by atoms with E-state index in [1.807, 2.05) is 24.3 Å². The number of rotatable bonds is 11. The zero-order chi connectivity index (χ0) is 29.2. The number of nitrogens with one attached hydrogen (secondary N) is 1. The smallest absolute Gasteiger partial charge is 0.269 e. The molecule has 4 aromatic rings. The van der Waals surface area contributed by atoms with Gasteiger partial charge in [0.15, 0.2) is 0 Å². The van der Waals surface area contributed by atoms with Gasteiger partial charge in [-0.05, 0) is 66.2 Å². The van der Waals surface area contributed by atoms with E-state index in [9.17, 15) is 20.2 Å². The van der Waals surface area contributed by atoms with Crippen LogP contribution in [-0.2, 0) is 18.0 Å². The molecule has 9 nitrogen and oxygen atoms in total. The van der Waals surface area contributed by atoms with Gasteiger partial charge in [0.05, 0.1) is 12.0 Å². The monoisotopic (exact) mass is 569 g/mol. The molecule has 1 amide bonds. The molecule has 1 N–H and O–H groups in total. The highest BCUT2D eigenvalue weighted by atomic mass is 35.5. The number of carbonyl (C=O) groups excluding carboxylic acids is 1. The first kappa shape index (κ1) is 28.7. The van der Waals surface area contributed by atoms with Crippen molar-refractivity contribution in [2.24, 2.45) is 0 Å². The van der Waals surface area contributed by atoms with Gasteiger partial charge in [-0.15, -0.1) is 0 Å². The standard InChI is InChI=1S/C31H24ClN3O6/c1-39-28-13-8-22(30(17-28)41-19-21-6-11-26(12-7-21)35(37)38)16-24(18-33)31(36)34-25-9-14-27(15-10-25)40-20-23-4-2-3-5-29(23)32/h2-17H,19-20H2,1H3,(H,34,36)/b24-16+. The van der Waals surface area contributed by atoms with Gasteiger partial charge in [0, 0.05) is 40.0 Å². The SMILES string of the molecule is COc1ccc(/C=C(\C#N)C(=O)Nc2ccc(OCc3ccccc3Cl)cc2)c(OCc2ccc([N+](=O)[O-])cc2)c1. The predicted octanol–water partition coefficient (Wildman–Crippen LogP) is 6.96. The van der Waals surface area contributed by atoms with Crippen molar-refractivity contribution in [3.05, 3.63) is 128 Å². The Morgan fingerprint density at radius 2 is 1.68 bits per heavy atom. The molecule has 0 aliphatic rings. The molecule has 0 aliphatic heterocycles. The van der Waals surface area contributed by atoms with Crippen LogP contribution in [0.4, 0.5) is 11.4 Å². The van der Waals surface area contributed by atoms with E-state index >= 15 is 0 Å². The molecule has 0 heterocycles. The van der Waals surface area contributed by atoms with Crippen LogP contribution in [-0.4, -0.2) is 17.9 Å². The number of ether oxygens (including phenoxy) is 3. The molecule has 41 heavy (non-hydrogen) atoms. The number of non-ortho nitro benzene ring substituents is 1. The van der Waals surface area contributed by atoms with Gasteiger partial charge in [-0.2, -0.15) is 5.26 Å². The minimum Gasteiger partial charge on any atom is -0.497 e. The van der Waals surface area contributed by atoms with E-state index in [4.69, 9.17) is 25.8 Å². The maximum absolute atomic E-state index is 12.9. The Hall–Kier alpha value is -5.33. The van der Waals surface area contributed by atoms with Crippen LogP contribution in [0.5, 0.6) is 17.2 Å². The molecule has 206 valence electrons. The lowest BCUT2D eigenvalue weighted by atomic mass is 10.1. The molecule has 0 aromatic heterocycles. The number of anilines is 1. The number of methoxy groups -OCH3 is 1. The average molecular weight is 570 g/mol. The number of nitro groups is 1. The maximum Gasteiger partial charge on any atom is 0.269 e. The summed E-state index contributed by atoms with van der Waals surface area (Å²) in [6.07, 6.45) is 1.42. The summed E-state index contributed by atoms with van der Waals surface area (Å²) in [5.41, 5.74) is 2.33. The van der Waals surface area contributed by atoms with Crippen LogP contribution in [0.3, 0.4) is 0 Å². The second-order valence-electron chi connectivity index (χ2n) is 8.64. The molecular weight excluding hydrogens is 546 g/mol. The molecule has 0 fully saturated rings. The van der Waals surface area contributed by atoms with Crippen LogP contribution in [0.25, 0.3) is 6.08 Å². The van der Waals surface area contributed by atoms with E-state index in [1.54, 1.807) is 60.7 Å². The summed E-state index contributed by atoms with van der Waals surface area (Å²) < 4.78 is 17.0. The molecule has 10 heteroatoms. The molecule has 0 atom stereocenters. The van der Waals surface area contributed by atoms with Gasteiger partial charge in [-0.3, -0.25) is 14.9 Å². The van der Waals surface area contributed by atoms with Crippen molar-refractivity contribution in [1.82, 2.24) is 0 Å². The van der Waals surface area contributed by atoms with E-state index in [1.165, 1.54) is 25.3 Å². The highest BCUT2D eigenvalue weighted by molar-refractivity contribution is 6.31. The predicted molar refractivity (Wildman–Crippen MR) is 155 cm³/mol. The van der Waals surface area contributed by atoms with Gasteiger partial charge >= 0.3 is 0 Å². The number of benzene rings is 4. The number of nitriles is 1. The Morgan fingerprint density at radius 3 is 2.34 bits per heavy atom. The summed E-state index contributed by atoms with van der Waals surface area (Å²) in [4.78, 5) is 23.3. The molecule has 0 bridgehead atoms. The summed E-state index contributed by atoms with van der Waals surface area (Å²) in [7, 11) is 1.51. The quantitative estimate of drug-likeness (QED) is 0.0895. The Kier molecular flexibility index (Phi) is 9.54. The second-order valence-corrected chi connectivity index (χ2v) is 9.05. The van der Waals surface area contributed by atoms with Crippen molar-refractivity contribution in [1.29, 1.82) is 5.26 Å². The lowest BCUT2D eigenvalue weighted by Crippen LogP contribution is -2.13. The Morgan fingerprint density at radius 1 is 0.976 bits per heavy atom. The summed E-state index contributed by atoms with van der Waals surface area (Å²) in [5, 5.41) is 23.9. The van der Waals surface area contributed by atoms with E-state index in [0.29, 0.717) is 45.7 Å². The van der Waals surface area contributed by atoms with E-state index in [0.717, 1.165) is 5.56 Å². The zero-order valence-corrected chi connectivity index (χ0v) is 22.6. The molecule has 0 saturated heterocycles. The molecule has 0 radical (unpaired) electrons. The van der Waals surface area contributed by atoms with E-state index < -0.39 is 10.8 Å². The molecular formula is C31H24ClN3O6. The number of carbonyl (C=O) groups is 1. The molecule has 0 unspecified atom stereocenters. The van der Waals surface area contributed by atoms with Gasteiger partial charge in [0.1, 0.15) is 42.1 Å². The van der Waals surface area contributed by atoms with Gasteiger partial charge in [0.25, 0.3) is 11.6 Å². The van der Waals surface area contributed by atoms with Crippen LogP contribution in [0.1, 0.15) is 16.7 Å². The molecule has 0 saturated carbocycles. The lowest BCUT2D eigenvalue weighted by molar-refractivity contribution is -0.384. The molecule has 4 aromatic carbocycles. The summed E-state index contributed by atoms with van der Waals surface area (Å²) >= 11 is 6.17. The molecule has 4 rings (SSSR count). The Bertz CT molecular complexity index is 1610. The van der Waals surface area contributed by atoms with Crippen molar-refractivity contribution in [2.75, 3.05) is 12.4 Å². The minimum atomic E-state index is -0.602. The second kappa shape index (κ2) is 13.6. The largest absolute Gasteiger partial charge is 0.497 e. The molecule has 0 spiro atoms. The normalized spacial score (nSPS) is 10.8. The van der Waals surface area contributed by atoms with Gasteiger partial charge < -0.3 is 19.5 Å². The highest BCUT2D eigenvalue weighted by Gasteiger charge is 2.13.